The molecule has 1 heterocycles. The van der Waals surface area contributed by atoms with E-state index >= 15 is 0 Å². The van der Waals surface area contributed by atoms with Gasteiger partial charge >= 0.3 is 0 Å². The van der Waals surface area contributed by atoms with Crippen molar-refractivity contribution in [2.24, 2.45) is 5.92 Å². The summed E-state index contributed by atoms with van der Waals surface area (Å²) in [4.78, 5) is 2.49. The van der Waals surface area contributed by atoms with E-state index in [-0.39, 0.29) is 5.54 Å². The van der Waals surface area contributed by atoms with Crippen LogP contribution in [0.3, 0.4) is 0 Å². The first-order chi connectivity index (χ1) is 9.70. The van der Waals surface area contributed by atoms with Crippen LogP contribution < -0.4 is 5.32 Å². The third-order valence-corrected chi connectivity index (χ3v) is 4.83. The minimum atomic E-state index is -0.256. The van der Waals surface area contributed by atoms with Gasteiger partial charge < -0.3 is 4.74 Å². The average molecular weight is 279 g/mol. The van der Waals surface area contributed by atoms with Crippen LogP contribution in [0.2, 0.25) is 0 Å². The maximum absolute atomic E-state index is 9.65. The van der Waals surface area contributed by atoms with Crippen molar-refractivity contribution in [2.45, 2.75) is 57.6 Å². The lowest BCUT2D eigenvalue weighted by molar-refractivity contribution is -0.0202. The fraction of sp³-hybridized carbons (Fsp3) is 0.938. The molecule has 0 bridgehead atoms. The molecule has 114 valence electrons. The molecular formula is C16H29N3O. The lowest BCUT2D eigenvalue weighted by Crippen LogP contribution is -2.49. The van der Waals surface area contributed by atoms with Gasteiger partial charge in [-0.15, -0.1) is 0 Å². The zero-order valence-corrected chi connectivity index (χ0v) is 13.0. The van der Waals surface area contributed by atoms with Crippen molar-refractivity contribution >= 4 is 0 Å². The summed E-state index contributed by atoms with van der Waals surface area (Å²) < 4.78 is 5.59. The third kappa shape index (κ3) is 3.72. The lowest BCUT2D eigenvalue weighted by atomic mass is 9.85. The fourth-order valence-corrected chi connectivity index (χ4v) is 3.67. The predicted molar refractivity (Wildman–Crippen MR) is 80.4 cm³/mol. The molecule has 3 unspecified atom stereocenters. The fourth-order valence-electron chi connectivity index (χ4n) is 3.67. The van der Waals surface area contributed by atoms with Crippen LogP contribution in [0.15, 0.2) is 0 Å². The second-order valence-electron chi connectivity index (χ2n) is 6.37. The van der Waals surface area contributed by atoms with E-state index in [1.807, 2.05) is 0 Å². The zero-order chi connectivity index (χ0) is 14.4. The Morgan fingerprint density at radius 1 is 1.50 bits per heavy atom. The van der Waals surface area contributed by atoms with E-state index in [2.05, 4.69) is 30.1 Å². The van der Waals surface area contributed by atoms with Crippen LogP contribution in [0.25, 0.3) is 0 Å². The Labute approximate surface area is 123 Å². The number of hydrogen-bond donors (Lipinski definition) is 1. The number of ether oxygens (including phenoxy) is 1. The molecule has 20 heavy (non-hydrogen) atoms. The summed E-state index contributed by atoms with van der Waals surface area (Å²) in [5.41, 5.74) is -0.256. The molecule has 1 aliphatic carbocycles. The first-order valence-electron chi connectivity index (χ1n) is 8.20. The van der Waals surface area contributed by atoms with Gasteiger partial charge in [-0.25, -0.2) is 0 Å². The van der Waals surface area contributed by atoms with Gasteiger partial charge in [-0.3, -0.25) is 10.2 Å². The van der Waals surface area contributed by atoms with Crippen molar-refractivity contribution in [2.75, 3.05) is 32.8 Å². The van der Waals surface area contributed by atoms with Crippen molar-refractivity contribution in [1.82, 2.24) is 10.2 Å². The molecule has 0 radical (unpaired) electrons. The van der Waals surface area contributed by atoms with Gasteiger partial charge in [0.15, 0.2) is 0 Å². The molecule has 2 aliphatic rings. The molecule has 1 N–H and O–H groups in total. The molecular weight excluding hydrogens is 250 g/mol. The lowest BCUT2D eigenvalue weighted by Gasteiger charge is -2.34. The van der Waals surface area contributed by atoms with E-state index in [1.165, 1.54) is 12.8 Å². The van der Waals surface area contributed by atoms with Gasteiger partial charge in [0.1, 0.15) is 5.54 Å². The van der Waals surface area contributed by atoms with Gasteiger partial charge in [0, 0.05) is 13.1 Å². The molecule has 4 heteroatoms. The van der Waals surface area contributed by atoms with Crippen molar-refractivity contribution < 1.29 is 4.74 Å². The molecule has 0 aromatic carbocycles. The summed E-state index contributed by atoms with van der Waals surface area (Å²) >= 11 is 0. The monoisotopic (exact) mass is 279 g/mol. The van der Waals surface area contributed by atoms with Crippen LogP contribution in [0.1, 0.15) is 46.0 Å². The normalized spacial score (nSPS) is 35.0. The number of nitrogens with zero attached hydrogens (tertiary/aromatic N) is 2. The molecule has 0 amide bonds. The van der Waals surface area contributed by atoms with Crippen molar-refractivity contribution in [3.05, 3.63) is 0 Å². The van der Waals surface area contributed by atoms with Crippen LogP contribution in [0.5, 0.6) is 0 Å². The van der Waals surface area contributed by atoms with E-state index in [0.29, 0.717) is 12.0 Å². The summed E-state index contributed by atoms with van der Waals surface area (Å²) in [5, 5.41) is 13.2. The maximum atomic E-state index is 9.65. The van der Waals surface area contributed by atoms with Gasteiger partial charge in [0.05, 0.1) is 18.8 Å². The van der Waals surface area contributed by atoms with Crippen molar-refractivity contribution in [1.29, 1.82) is 5.26 Å². The number of hydrogen-bond acceptors (Lipinski definition) is 4. The molecule has 3 atom stereocenters. The molecule has 0 aromatic heterocycles. The predicted octanol–water partition coefficient (Wildman–Crippen LogP) is 2.16. The Hall–Kier alpha value is -0.630. The Kier molecular flexibility index (Phi) is 5.83. The first-order valence-corrected chi connectivity index (χ1v) is 8.20. The molecule has 0 aromatic rings. The molecule has 1 saturated carbocycles. The Bertz CT molecular complexity index is 341. The standard InChI is InChI=1S/C16H29N3O/c1-3-8-18-16(13-17)7-4-5-15(16)6-9-19-10-11-20-14(2)12-19/h14-15,18H,3-12H2,1-2H3. The summed E-state index contributed by atoms with van der Waals surface area (Å²) in [6, 6.07) is 2.60. The number of nitriles is 1. The summed E-state index contributed by atoms with van der Waals surface area (Å²) in [7, 11) is 0. The van der Waals surface area contributed by atoms with Gasteiger partial charge in [-0.1, -0.05) is 13.3 Å². The van der Waals surface area contributed by atoms with Gasteiger partial charge in [0.25, 0.3) is 0 Å². The average Bonchev–Trinajstić information content (AvgIpc) is 2.86. The van der Waals surface area contributed by atoms with Crippen molar-refractivity contribution in [3.8, 4) is 6.07 Å². The molecule has 2 fully saturated rings. The highest BCUT2D eigenvalue weighted by Crippen LogP contribution is 2.37. The highest BCUT2D eigenvalue weighted by Gasteiger charge is 2.42. The second-order valence-corrected chi connectivity index (χ2v) is 6.37. The molecule has 4 nitrogen and oxygen atoms in total. The van der Waals surface area contributed by atoms with Gasteiger partial charge in [0.2, 0.25) is 0 Å². The summed E-state index contributed by atoms with van der Waals surface area (Å²) in [5.74, 6) is 0.511. The second kappa shape index (κ2) is 7.40. The van der Waals surface area contributed by atoms with Crippen molar-refractivity contribution in [3.63, 3.8) is 0 Å². The minimum absolute atomic E-state index is 0.256. The van der Waals surface area contributed by atoms with Crippen LogP contribution in [-0.4, -0.2) is 49.3 Å². The SMILES string of the molecule is CCCNC1(C#N)CCCC1CCN1CCOC(C)C1. The van der Waals surface area contributed by atoms with E-state index in [9.17, 15) is 5.26 Å². The number of morpholine rings is 1. The molecule has 2 rings (SSSR count). The Balaban J connectivity index is 1.85. The molecule has 0 spiro atoms. The Morgan fingerprint density at radius 3 is 3.05 bits per heavy atom. The van der Waals surface area contributed by atoms with Gasteiger partial charge in [-0.05, 0) is 51.6 Å². The quantitative estimate of drug-likeness (QED) is 0.809. The number of nitrogens with one attached hydrogen (secondary N) is 1. The zero-order valence-electron chi connectivity index (χ0n) is 13.0. The number of rotatable bonds is 6. The molecule has 1 saturated heterocycles. The third-order valence-electron chi connectivity index (χ3n) is 4.83. The summed E-state index contributed by atoms with van der Waals surface area (Å²) in [6.45, 7) is 9.30. The van der Waals surface area contributed by atoms with Crippen LogP contribution in [-0.2, 0) is 4.74 Å². The Morgan fingerprint density at radius 2 is 2.35 bits per heavy atom. The van der Waals surface area contributed by atoms with E-state index in [4.69, 9.17) is 4.74 Å². The van der Waals surface area contributed by atoms with E-state index < -0.39 is 0 Å². The maximum Gasteiger partial charge on any atom is 0.109 e. The van der Waals surface area contributed by atoms with Gasteiger partial charge in [-0.2, -0.15) is 5.26 Å². The summed E-state index contributed by atoms with van der Waals surface area (Å²) in [6.07, 6.45) is 5.99. The van der Waals surface area contributed by atoms with Crippen LogP contribution in [0, 0.1) is 17.2 Å². The largest absolute Gasteiger partial charge is 0.376 e. The van der Waals surface area contributed by atoms with E-state index in [1.54, 1.807) is 0 Å². The topological polar surface area (TPSA) is 48.3 Å². The minimum Gasteiger partial charge on any atom is -0.376 e. The highest BCUT2D eigenvalue weighted by molar-refractivity contribution is 5.14. The smallest absolute Gasteiger partial charge is 0.109 e. The molecule has 1 aliphatic heterocycles. The first kappa shape index (κ1) is 15.8. The van der Waals surface area contributed by atoms with Crippen LogP contribution >= 0.6 is 0 Å². The van der Waals surface area contributed by atoms with Crippen LogP contribution in [0.4, 0.5) is 0 Å². The highest BCUT2D eigenvalue weighted by atomic mass is 16.5. The van der Waals surface area contributed by atoms with E-state index in [0.717, 1.165) is 52.0 Å².